The highest BCUT2D eigenvalue weighted by Gasteiger charge is 2.18. The maximum atomic E-state index is 13.1. The quantitative estimate of drug-likeness (QED) is 0.498. The molecule has 2 aromatic heterocycles. The molecular weight excluding hydrogens is 377 g/mol. The molecule has 0 aliphatic carbocycles. The summed E-state index contributed by atoms with van der Waals surface area (Å²) in [5.41, 5.74) is 3.40. The third-order valence-corrected chi connectivity index (χ3v) is 5.59. The zero-order valence-electron chi connectivity index (χ0n) is 15.2. The molecule has 0 aliphatic rings. The second-order valence-electron chi connectivity index (χ2n) is 6.39. The Balaban J connectivity index is 1.62. The predicted molar refractivity (Wildman–Crippen MR) is 108 cm³/mol. The summed E-state index contributed by atoms with van der Waals surface area (Å²) in [6.45, 7) is 3.33. The van der Waals surface area contributed by atoms with Crippen LogP contribution in [0.15, 0.2) is 54.7 Å². The highest BCUT2D eigenvalue weighted by molar-refractivity contribution is 7.19. The van der Waals surface area contributed by atoms with Crippen LogP contribution in [-0.4, -0.2) is 21.1 Å². The van der Waals surface area contributed by atoms with Gasteiger partial charge < -0.3 is 5.32 Å². The molecule has 7 heteroatoms. The number of fused-ring (bicyclic) bond motifs is 1. The van der Waals surface area contributed by atoms with Crippen molar-refractivity contribution in [2.45, 2.75) is 13.8 Å². The van der Waals surface area contributed by atoms with Gasteiger partial charge in [0.05, 0.1) is 5.69 Å². The van der Waals surface area contributed by atoms with E-state index in [-0.39, 0.29) is 17.5 Å². The van der Waals surface area contributed by atoms with Gasteiger partial charge in [0, 0.05) is 28.7 Å². The van der Waals surface area contributed by atoms with Crippen molar-refractivity contribution in [1.29, 1.82) is 0 Å². The van der Waals surface area contributed by atoms with E-state index >= 15 is 0 Å². The third kappa shape index (κ3) is 3.32. The van der Waals surface area contributed by atoms with Crippen LogP contribution in [0, 0.1) is 12.7 Å². The first-order chi connectivity index (χ1) is 13.4. The lowest BCUT2D eigenvalue weighted by Gasteiger charge is -2.05. The van der Waals surface area contributed by atoms with Gasteiger partial charge in [-0.3, -0.25) is 14.0 Å². The second-order valence-corrected chi connectivity index (χ2v) is 7.37. The van der Waals surface area contributed by atoms with Crippen LogP contribution in [-0.2, 0) is 0 Å². The van der Waals surface area contributed by atoms with Crippen LogP contribution in [0.3, 0.4) is 0 Å². The zero-order chi connectivity index (χ0) is 19.8. The topological polar surface area (TPSA) is 63.5 Å². The fourth-order valence-electron chi connectivity index (χ4n) is 2.92. The molecule has 28 heavy (non-hydrogen) atoms. The van der Waals surface area contributed by atoms with Gasteiger partial charge in [0.15, 0.2) is 10.7 Å². The van der Waals surface area contributed by atoms with Crippen molar-refractivity contribution < 1.29 is 14.0 Å². The smallest absolute Gasteiger partial charge is 0.267 e. The van der Waals surface area contributed by atoms with Crippen LogP contribution < -0.4 is 5.32 Å². The Bertz CT molecular complexity index is 1210. The van der Waals surface area contributed by atoms with Gasteiger partial charge >= 0.3 is 0 Å². The molecule has 2 heterocycles. The van der Waals surface area contributed by atoms with E-state index in [4.69, 9.17) is 0 Å². The van der Waals surface area contributed by atoms with E-state index in [1.54, 1.807) is 36.4 Å². The molecule has 140 valence electrons. The number of halogens is 1. The van der Waals surface area contributed by atoms with E-state index in [9.17, 15) is 14.0 Å². The largest absolute Gasteiger partial charge is 0.321 e. The number of carbonyl (C=O) groups excluding carboxylic acids is 2. The lowest BCUT2D eigenvalue weighted by Crippen LogP contribution is -2.12. The number of Topliss-reactive ketones (excluding diaryl/α,β-unsaturated/α-hetero) is 1. The van der Waals surface area contributed by atoms with E-state index in [0.29, 0.717) is 21.1 Å². The maximum Gasteiger partial charge on any atom is 0.267 e. The molecule has 0 aliphatic heterocycles. The highest BCUT2D eigenvalue weighted by Crippen LogP contribution is 2.28. The Morgan fingerprint density at radius 3 is 2.57 bits per heavy atom. The predicted octanol–water partition coefficient (Wildman–Crippen LogP) is 4.97. The number of benzene rings is 2. The first kappa shape index (κ1) is 18.1. The van der Waals surface area contributed by atoms with Crippen molar-refractivity contribution in [3.05, 3.63) is 76.7 Å². The minimum atomic E-state index is -0.297. The lowest BCUT2D eigenvalue weighted by molar-refractivity contribution is 0.101. The molecule has 1 N–H and O–H groups in total. The Labute approximate surface area is 164 Å². The Morgan fingerprint density at radius 2 is 1.89 bits per heavy atom. The van der Waals surface area contributed by atoms with Crippen LogP contribution in [0.4, 0.5) is 10.1 Å². The van der Waals surface area contributed by atoms with E-state index in [0.717, 1.165) is 17.0 Å². The SMILES string of the molecule is CC(=O)c1cccc(NC(=O)c2sc3nc(-c4ccc(F)cc4)cn3c2C)c1. The third-order valence-electron chi connectivity index (χ3n) is 4.43. The molecule has 1 amide bonds. The number of rotatable bonds is 4. The maximum absolute atomic E-state index is 13.1. The molecule has 0 spiro atoms. The van der Waals surface area contributed by atoms with Crippen LogP contribution in [0.2, 0.25) is 0 Å². The van der Waals surface area contributed by atoms with Crippen LogP contribution in [0.25, 0.3) is 16.2 Å². The molecule has 0 unspecified atom stereocenters. The number of aryl methyl sites for hydroxylation is 1. The minimum absolute atomic E-state index is 0.0600. The molecular formula is C21H16FN3O2S. The van der Waals surface area contributed by atoms with Crippen LogP contribution in [0.1, 0.15) is 32.6 Å². The van der Waals surface area contributed by atoms with Crippen LogP contribution >= 0.6 is 11.3 Å². The van der Waals surface area contributed by atoms with Gasteiger partial charge in [0.2, 0.25) is 0 Å². The molecule has 0 saturated heterocycles. The Kier molecular flexibility index (Phi) is 4.52. The standard InChI is InChI=1S/C21H16FN3O2S/c1-12-19(20(27)23-17-5-3-4-15(10-17)13(2)26)28-21-24-18(11-25(12)21)14-6-8-16(22)9-7-14/h3-11H,1-2H3,(H,23,27). The van der Waals surface area contributed by atoms with E-state index in [2.05, 4.69) is 10.3 Å². The number of ketones is 1. The average Bonchev–Trinajstić information content (AvgIpc) is 3.22. The number of hydrogen-bond acceptors (Lipinski definition) is 4. The number of hydrogen-bond donors (Lipinski definition) is 1. The lowest BCUT2D eigenvalue weighted by atomic mass is 10.1. The van der Waals surface area contributed by atoms with Gasteiger partial charge in [-0.15, -0.1) is 0 Å². The van der Waals surface area contributed by atoms with Crippen LogP contribution in [0.5, 0.6) is 0 Å². The summed E-state index contributed by atoms with van der Waals surface area (Å²) in [6, 6.07) is 13.0. The van der Waals surface area contributed by atoms with E-state index in [1.165, 1.54) is 30.4 Å². The van der Waals surface area contributed by atoms with Crippen molar-refractivity contribution >= 4 is 33.7 Å². The summed E-state index contributed by atoms with van der Waals surface area (Å²) in [6.07, 6.45) is 1.83. The van der Waals surface area contributed by atoms with Gasteiger partial charge in [-0.2, -0.15) is 0 Å². The van der Waals surface area contributed by atoms with Gasteiger partial charge in [0.25, 0.3) is 5.91 Å². The summed E-state index contributed by atoms with van der Waals surface area (Å²) in [7, 11) is 0. The fraction of sp³-hybridized carbons (Fsp3) is 0.0952. The molecule has 0 atom stereocenters. The van der Waals surface area contributed by atoms with Gasteiger partial charge in [-0.1, -0.05) is 23.5 Å². The molecule has 0 radical (unpaired) electrons. The van der Waals surface area contributed by atoms with Gasteiger partial charge in [0.1, 0.15) is 10.7 Å². The van der Waals surface area contributed by atoms with Crippen molar-refractivity contribution in [2.75, 3.05) is 5.32 Å². The molecule has 4 rings (SSSR count). The average molecular weight is 393 g/mol. The van der Waals surface area contributed by atoms with E-state index in [1.807, 2.05) is 17.5 Å². The molecule has 4 aromatic rings. The molecule has 0 bridgehead atoms. The van der Waals surface area contributed by atoms with Gasteiger partial charge in [-0.25, -0.2) is 9.37 Å². The summed E-state index contributed by atoms with van der Waals surface area (Å²) in [5.74, 6) is -0.610. The number of nitrogens with zero attached hydrogens (tertiary/aromatic N) is 2. The fourth-order valence-corrected chi connectivity index (χ4v) is 3.93. The van der Waals surface area contributed by atoms with E-state index < -0.39 is 0 Å². The van der Waals surface area contributed by atoms with Crippen molar-refractivity contribution in [2.24, 2.45) is 0 Å². The number of imidazole rings is 1. The summed E-state index contributed by atoms with van der Waals surface area (Å²) in [5, 5.41) is 2.83. The first-order valence-corrected chi connectivity index (χ1v) is 9.41. The summed E-state index contributed by atoms with van der Waals surface area (Å²) in [4.78, 5) is 30.0. The highest BCUT2D eigenvalue weighted by atomic mass is 32.1. The monoisotopic (exact) mass is 393 g/mol. The number of nitrogens with one attached hydrogen (secondary N) is 1. The number of carbonyl (C=O) groups is 2. The van der Waals surface area contributed by atoms with Crippen molar-refractivity contribution in [3.8, 4) is 11.3 Å². The summed E-state index contributed by atoms with van der Waals surface area (Å²) >= 11 is 1.28. The summed E-state index contributed by atoms with van der Waals surface area (Å²) < 4.78 is 15.0. The first-order valence-electron chi connectivity index (χ1n) is 8.59. The molecule has 0 saturated carbocycles. The Hall–Kier alpha value is -3.32. The minimum Gasteiger partial charge on any atom is -0.321 e. The number of aromatic nitrogens is 2. The van der Waals surface area contributed by atoms with Crippen molar-refractivity contribution in [1.82, 2.24) is 9.38 Å². The zero-order valence-corrected chi connectivity index (χ0v) is 16.0. The number of anilines is 1. The Morgan fingerprint density at radius 1 is 1.14 bits per heavy atom. The van der Waals surface area contributed by atoms with Crippen molar-refractivity contribution in [3.63, 3.8) is 0 Å². The van der Waals surface area contributed by atoms with Gasteiger partial charge in [-0.05, 0) is 50.2 Å². The normalized spacial score (nSPS) is 11.0. The molecule has 0 fully saturated rings. The number of thiazole rings is 1. The molecule has 5 nitrogen and oxygen atoms in total. The number of amides is 1. The molecule has 2 aromatic carbocycles. The second kappa shape index (κ2) is 7.01.